The van der Waals surface area contributed by atoms with Crippen LogP contribution in [-0.4, -0.2) is 31.7 Å². The van der Waals surface area contributed by atoms with Crippen LogP contribution in [0.3, 0.4) is 0 Å². The van der Waals surface area contributed by atoms with Crippen molar-refractivity contribution in [1.29, 1.82) is 0 Å². The number of hydrogen-bond donors (Lipinski definition) is 2. The van der Waals surface area contributed by atoms with Crippen molar-refractivity contribution in [1.82, 2.24) is 9.59 Å². The third-order valence-corrected chi connectivity index (χ3v) is 6.69. The number of aromatic nitrogens is 2. The number of unbranched alkanes of at least 4 members (excludes halogenated alkanes) is 10. The van der Waals surface area contributed by atoms with Gasteiger partial charge >= 0.3 is 11.9 Å². The molecule has 7 heteroatoms. The van der Waals surface area contributed by atoms with E-state index in [9.17, 15) is 19.8 Å². The molecule has 0 aliphatic carbocycles. The first-order valence-corrected chi connectivity index (χ1v) is 13.3. The Morgan fingerprint density at radius 2 is 1.33 bits per heavy atom. The fraction of sp³-hybridized carbons (Fsp3) is 0.615. The summed E-state index contributed by atoms with van der Waals surface area (Å²) in [5.74, 6) is -2.38. The van der Waals surface area contributed by atoms with E-state index >= 15 is 0 Å². The monoisotopic (exact) mass is 474 g/mol. The summed E-state index contributed by atoms with van der Waals surface area (Å²) in [6.45, 7) is 4.38. The molecule has 0 amide bonds. The molecule has 0 aliphatic rings. The van der Waals surface area contributed by atoms with Crippen molar-refractivity contribution in [3.63, 3.8) is 0 Å². The Hall–Kier alpha value is -2.28. The van der Waals surface area contributed by atoms with E-state index in [1.54, 1.807) is 5.38 Å². The van der Waals surface area contributed by atoms with Gasteiger partial charge in [-0.25, -0.2) is 9.59 Å². The van der Waals surface area contributed by atoms with Crippen molar-refractivity contribution in [3.05, 3.63) is 33.7 Å². The van der Waals surface area contributed by atoms with Gasteiger partial charge in [0.15, 0.2) is 0 Å². The molecule has 1 aromatic heterocycles. The van der Waals surface area contributed by atoms with E-state index in [-0.39, 0.29) is 11.1 Å². The minimum absolute atomic E-state index is 0.0519. The molecule has 0 saturated carbocycles. The second-order valence-electron chi connectivity index (χ2n) is 8.74. The van der Waals surface area contributed by atoms with E-state index in [2.05, 4.69) is 23.4 Å². The van der Waals surface area contributed by atoms with Crippen molar-refractivity contribution in [2.45, 2.75) is 104 Å². The molecule has 2 aromatic rings. The van der Waals surface area contributed by atoms with Crippen LogP contribution in [0.15, 0.2) is 11.4 Å². The highest BCUT2D eigenvalue weighted by Crippen LogP contribution is 2.34. The average molecular weight is 475 g/mol. The molecule has 182 valence electrons. The molecule has 0 saturated heterocycles. The van der Waals surface area contributed by atoms with Gasteiger partial charge in [0.05, 0.1) is 11.1 Å². The lowest BCUT2D eigenvalue weighted by atomic mass is 9.85. The van der Waals surface area contributed by atoms with Gasteiger partial charge in [0.25, 0.3) is 0 Å². The lowest BCUT2D eigenvalue weighted by molar-refractivity contribution is 0.0650. The fourth-order valence-electron chi connectivity index (χ4n) is 4.43. The molecule has 6 nitrogen and oxygen atoms in total. The molecule has 2 N–H and O–H groups in total. The van der Waals surface area contributed by atoms with Crippen LogP contribution in [0.4, 0.5) is 0 Å². The Morgan fingerprint density at radius 3 is 1.82 bits per heavy atom. The predicted molar refractivity (Wildman–Crippen MR) is 133 cm³/mol. The zero-order chi connectivity index (χ0) is 24.1. The minimum atomic E-state index is -1.22. The Bertz CT molecular complexity index is 881. The van der Waals surface area contributed by atoms with E-state index in [1.165, 1.54) is 56.1 Å². The van der Waals surface area contributed by atoms with Gasteiger partial charge in [0, 0.05) is 10.9 Å². The second-order valence-corrected chi connectivity index (χ2v) is 9.35. The van der Waals surface area contributed by atoms with E-state index in [0.29, 0.717) is 17.7 Å². The number of aromatic carboxylic acids is 2. The average Bonchev–Trinajstić information content (AvgIpc) is 3.32. The summed E-state index contributed by atoms with van der Waals surface area (Å²) in [6.07, 6.45) is 14.7. The van der Waals surface area contributed by atoms with E-state index in [0.717, 1.165) is 56.1 Å². The zero-order valence-electron chi connectivity index (χ0n) is 20.1. The maximum Gasteiger partial charge on any atom is 0.336 e. The number of carboxylic acid groups (broad SMARTS) is 2. The third kappa shape index (κ3) is 8.22. The van der Waals surface area contributed by atoms with Crippen LogP contribution in [0, 0.1) is 0 Å². The first kappa shape index (κ1) is 27.0. The summed E-state index contributed by atoms with van der Waals surface area (Å²) < 4.78 is 3.96. The van der Waals surface area contributed by atoms with Crippen LogP contribution in [0.5, 0.6) is 0 Å². The van der Waals surface area contributed by atoms with Crippen LogP contribution in [0.25, 0.3) is 11.3 Å². The van der Waals surface area contributed by atoms with Crippen LogP contribution in [-0.2, 0) is 12.8 Å². The molecular weight excluding hydrogens is 436 g/mol. The Kier molecular flexibility index (Phi) is 12.1. The normalized spacial score (nSPS) is 11.1. The van der Waals surface area contributed by atoms with Gasteiger partial charge in [0.2, 0.25) is 0 Å². The molecular formula is C26H38N2O4S. The van der Waals surface area contributed by atoms with E-state index in [4.69, 9.17) is 0 Å². The van der Waals surface area contributed by atoms with Crippen LogP contribution in [0.2, 0.25) is 0 Å². The summed E-state index contributed by atoms with van der Waals surface area (Å²) in [5, 5.41) is 25.8. The van der Waals surface area contributed by atoms with Crippen molar-refractivity contribution in [3.8, 4) is 11.3 Å². The van der Waals surface area contributed by atoms with Gasteiger partial charge in [-0.05, 0) is 54.4 Å². The summed E-state index contributed by atoms with van der Waals surface area (Å²) in [7, 11) is 0. The van der Waals surface area contributed by atoms with Crippen LogP contribution >= 0.6 is 11.5 Å². The molecule has 0 fully saturated rings. The molecule has 2 rings (SSSR count). The summed E-state index contributed by atoms with van der Waals surface area (Å²) in [5.41, 5.74) is 2.76. The highest BCUT2D eigenvalue weighted by molar-refractivity contribution is 7.03. The predicted octanol–water partition coefficient (Wildman–Crippen LogP) is 7.41. The van der Waals surface area contributed by atoms with E-state index < -0.39 is 11.9 Å². The molecule has 0 unspecified atom stereocenters. The molecule has 1 aromatic carbocycles. The van der Waals surface area contributed by atoms with Gasteiger partial charge in [-0.2, -0.15) is 0 Å². The minimum Gasteiger partial charge on any atom is -0.478 e. The SMILES string of the molecule is CCCCCCCCc1c(-c2csnn2)cc(C(=O)O)c(C(=O)O)c1CCCCCCCC. The van der Waals surface area contributed by atoms with Gasteiger partial charge in [-0.15, -0.1) is 5.10 Å². The summed E-state index contributed by atoms with van der Waals surface area (Å²) in [4.78, 5) is 24.3. The number of rotatable bonds is 17. The second kappa shape index (κ2) is 14.8. The van der Waals surface area contributed by atoms with Crippen LogP contribution in [0.1, 0.15) is 123 Å². The number of carboxylic acids is 2. The maximum absolute atomic E-state index is 12.2. The molecule has 0 bridgehead atoms. The Balaban J connectivity index is 2.40. The molecule has 0 radical (unpaired) electrons. The number of nitrogens with zero attached hydrogens (tertiary/aromatic N) is 2. The molecule has 33 heavy (non-hydrogen) atoms. The standard InChI is InChI=1S/C26H38N2O4S/c1-3-5-7-9-11-13-15-19-20(16-14-12-10-8-6-4-2)24(26(31)32)22(25(29)30)17-21(19)23-18-33-28-27-23/h17-18H,3-16H2,1-2H3,(H,29,30)(H,31,32). The largest absolute Gasteiger partial charge is 0.478 e. The Morgan fingerprint density at radius 1 is 0.788 bits per heavy atom. The zero-order valence-corrected chi connectivity index (χ0v) is 20.9. The van der Waals surface area contributed by atoms with Crippen molar-refractivity contribution < 1.29 is 19.8 Å². The third-order valence-electron chi connectivity index (χ3n) is 6.19. The van der Waals surface area contributed by atoms with Crippen molar-refractivity contribution in [2.75, 3.05) is 0 Å². The highest BCUT2D eigenvalue weighted by atomic mass is 32.1. The lowest BCUT2D eigenvalue weighted by Crippen LogP contribution is -2.15. The van der Waals surface area contributed by atoms with Crippen molar-refractivity contribution in [2.24, 2.45) is 0 Å². The summed E-state index contributed by atoms with van der Waals surface area (Å²) >= 11 is 1.22. The van der Waals surface area contributed by atoms with Gasteiger partial charge in [0.1, 0.15) is 5.69 Å². The van der Waals surface area contributed by atoms with E-state index in [1.807, 2.05) is 0 Å². The molecule has 0 spiro atoms. The van der Waals surface area contributed by atoms with Gasteiger partial charge < -0.3 is 10.2 Å². The quantitative estimate of drug-likeness (QED) is 0.232. The fourth-order valence-corrected chi connectivity index (χ4v) is 4.88. The first-order valence-electron chi connectivity index (χ1n) is 12.4. The maximum atomic E-state index is 12.2. The smallest absolute Gasteiger partial charge is 0.336 e. The Labute approximate surface area is 201 Å². The number of benzene rings is 1. The van der Waals surface area contributed by atoms with Gasteiger partial charge in [-0.3, -0.25) is 0 Å². The van der Waals surface area contributed by atoms with Gasteiger partial charge in [-0.1, -0.05) is 82.5 Å². The number of carbonyl (C=O) groups is 2. The molecule has 0 aliphatic heterocycles. The lowest BCUT2D eigenvalue weighted by Gasteiger charge is -2.19. The highest BCUT2D eigenvalue weighted by Gasteiger charge is 2.26. The number of hydrogen-bond acceptors (Lipinski definition) is 5. The molecule has 1 heterocycles. The first-order chi connectivity index (χ1) is 16.0. The van der Waals surface area contributed by atoms with Crippen molar-refractivity contribution >= 4 is 23.5 Å². The van der Waals surface area contributed by atoms with Crippen LogP contribution < -0.4 is 0 Å². The topological polar surface area (TPSA) is 100 Å². The summed E-state index contributed by atoms with van der Waals surface area (Å²) in [6, 6.07) is 1.50. The molecule has 0 atom stereocenters.